The van der Waals surface area contributed by atoms with Gasteiger partial charge in [-0.2, -0.15) is 0 Å². The lowest BCUT2D eigenvalue weighted by atomic mass is 10.0. The van der Waals surface area contributed by atoms with Crippen molar-refractivity contribution in [2.24, 2.45) is 0 Å². The molecule has 1 heterocycles. The number of aromatic nitrogens is 1. The second-order valence-corrected chi connectivity index (χ2v) is 5.12. The summed E-state index contributed by atoms with van der Waals surface area (Å²) in [5, 5.41) is 5.43. The summed E-state index contributed by atoms with van der Waals surface area (Å²) in [5.41, 5.74) is 1.66. The molecule has 0 aliphatic heterocycles. The van der Waals surface area contributed by atoms with Crippen molar-refractivity contribution in [1.29, 1.82) is 0 Å². The second-order valence-electron chi connectivity index (χ2n) is 4.73. The molecule has 4 heteroatoms. The Kier molecular flexibility index (Phi) is 3.84. The molecule has 3 rings (SSSR count). The van der Waals surface area contributed by atoms with Crippen LogP contribution in [-0.2, 0) is 11.2 Å². The highest BCUT2D eigenvalue weighted by molar-refractivity contribution is 6.29. The molecule has 0 spiro atoms. The van der Waals surface area contributed by atoms with Gasteiger partial charge in [-0.3, -0.25) is 4.79 Å². The molecule has 104 valence electrons. The monoisotopic (exact) mass is 296 g/mol. The van der Waals surface area contributed by atoms with Crippen LogP contribution in [0.4, 0.5) is 5.69 Å². The van der Waals surface area contributed by atoms with Crippen LogP contribution in [0.1, 0.15) is 5.56 Å². The van der Waals surface area contributed by atoms with Crippen molar-refractivity contribution >= 4 is 34.0 Å². The number of fused-ring (bicyclic) bond motifs is 1. The lowest BCUT2D eigenvalue weighted by Crippen LogP contribution is -2.14. The Morgan fingerprint density at radius 2 is 1.90 bits per heavy atom. The number of carbonyl (C=O) groups excluding carboxylic acids is 1. The van der Waals surface area contributed by atoms with E-state index >= 15 is 0 Å². The standard InChI is InChI=1S/C17H13ClN2O/c18-16-11-14(8-9-19-16)20-17(21)10-13-6-3-5-12-4-1-2-7-15(12)13/h1-9,11H,10H2,(H,19,20,21). The third kappa shape index (κ3) is 3.20. The minimum Gasteiger partial charge on any atom is -0.326 e. The van der Waals surface area contributed by atoms with Gasteiger partial charge in [0.05, 0.1) is 6.42 Å². The third-order valence-corrected chi connectivity index (χ3v) is 3.45. The van der Waals surface area contributed by atoms with E-state index in [1.165, 1.54) is 0 Å². The number of rotatable bonds is 3. The number of amides is 1. The highest BCUT2D eigenvalue weighted by Gasteiger charge is 2.07. The van der Waals surface area contributed by atoms with Gasteiger partial charge in [0, 0.05) is 11.9 Å². The molecule has 0 aliphatic carbocycles. The molecule has 0 saturated heterocycles. The average molecular weight is 297 g/mol. The molecular weight excluding hydrogens is 284 g/mol. The molecule has 1 amide bonds. The van der Waals surface area contributed by atoms with Gasteiger partial charge >= 0.3 is 0 Å². The Morgan fingerprint density at radius 3 is 2.76 bits per heavy atom. The van der Waals surface area contributed by atoms with Crippen LogP contribution < -0.4 is 5.32 Å². The van der Waals surface area contributed by atoms with Crippen molar-refractivity contribution in [3.63, 3.8) is 0 Å². The Labute approximate surface area is 127 Å². The van der Waals surface area contributed by atoms with Crippen LogP contribution in [0.5, 0.6) is 0 Å². The van der Waals surface area contributed by atoms with Crippen LogP contribution in [0.3, 0.4) is 0 Å². The summed E-state index contributed by atoms with van der Waals surface area (Å²) < 4.78 is 0. The fraction of sp³-hybridized carbons (Fsp3) is 0.0588. The zero-order valence-electron chi connectivity index (χ0n) is 11.2. The molecule has 0 radical (unpaired) electrons. The van der Waals surface area contributed by atoms with E-state index in [0.717, 1.165) is 16.3 Å². The average Bonchev–Trinajstić information content (AvgIpc) is 2.47. The van der Waals surface area contributed by atoms with Crippen molar-refractivity contribution in [1.82, 2.24) is 4.98 Å². The predicted molar refractivity (Wildman–Crippen MR) is 85.5 cm³/mol. The van der Waals surface area contributed by atoms with Crippen LogP contribution in [0.15, 0.2) is 60.8 Å². The largest absolute Gasteiger partial charge is 0.326 e. The van der Waals surface area contributed by atoms with Crippen molar-refractivity contribution in [2.75, 3.05) is 5.32 Å². The summed E-state index contributed by atoms with van der Waals surface area (Å²) in [5.74, 6) is -0.0754. The van der Waals surface area contributed by atoms with Gasteiger partial charge in [-0.1, -0.05) is 54.1 Å². The first-order valence-corrected chi connectivity index (χ1v) is 6.98. The number of pyridine rings is 1. The van der Waals surface area contributed by atoms with Crippen LogP contribution >= 0.6 is 11.6 Å². The van der Waals surface area contributed by atoms with Crippen molar-refractivity contribution in [2.45, 2.75) is 6.42 Å². The van der Waals surface area contributed by atoms with E-state index in [1.807, 2.05) is 42.5 Å². The summed E-state index contributed by atoms with van der Waals surface area (Å²) in [6.45, 7) is 0. The number of anilines is 1. The van der Waals surface area contributed by atoms with Gasteiger partial charge in [0.2, 0.25) is 5.91 Å². The molecule has 0 unspecified atom stereocenters. The van der Waals surface area contributed by atoms with E-state index < -0.39 is 0 Å². The number of halogens is 1. The lowest BCUT2D eigenvalue weighted by molar-refractivity contribution is -0.115. The van der Waals surface area contributed by atoms with Crippen molar-refractivity contribution < 1.29 is 4.79 Å². The molecule has 3 aromatic rings. The molecule has 0 bridgehead atoms. The Bertz CT molecular complexity index is 796. The molecule has 3 nitrogen and oxygen atoms in total. The van der Waals surface area contributed by atoms with Gasteiger partial charge in [0.25, 0.3) is 0 Å². The van der Waals surface area contributed by atoms with Crippen LogP contribution in [0.25, 0.3) is 10.8 Å². The van der Waals surface area contributed by atoms with E-state index in [2.05, 4.69) is 10.3 Å². The lowest BCUT2D eigenvalue weighted by Gasteiger charge is -2.08. The molecule has 0 aliphatic rings. The fourth-order valence-corrected chi connectivity index (χ4v) is 2.48. The maximum absolute atomic E-state index is 12.2. The molecule has 1 aromatic heterocycles. The first kappa shape index (κ1) is 13.6. The van der Waals surface area contributed by atoms with E-state index in [4.69, 9.17) is 11.6 Å². The van der Waals surface area contributed by atoms with Crippen LogP contribution in [0, 0.1) is 0 Å². The van der Waals surface area contributed by atoms with Gasteiger partial charge in [-0.25, -0.2) is 4.98 Å². The molecular formula is C17H13ClN2O. The number of carbonyl (C=O) groups is 1. The summed E-state index contributed by atoms with van der Waals surface area (Å²) in [7, 11) is 0. The second kappa shape index (κ2) is 5.94. The van der Waals surface area contributed by atoms with Gasteiger partial charge in [-0.05, 0) is 28.5 Å². The molecule has 1 N–H and O–H groups in total. The van der Waals surface area contributed by atoms with Gasteiger partial charge in [-0.15, -0.1) is 0 Å². The number of nitrogens with one attached hydrogen (secondary N) is 1. The highest BCUT2D eigenvalue weighted by atomic mass is 35.5. The summed E-state index contributed by atoms with van der Waals surface area (Å²) >= 11 is 5.80. The highest BCUT2D eigenvalue weighted by Crippen LogP contribution is 2.19. The minimum atomic E-state index is -0.0754. The first-order valence-electron chi connectivity index (χ1n) is 6.60. The van der Waals surface area contributed by atoms with E-state index in [-0.39, 0.29) is 5.91 Å². The molecule has 2 aromatic carbocycles. The Morgan fingerprint density at radius 1 is 1.10 bits per heavy atom. The normalized spacial score (nSPS) is 10.5. The number of nitrogens with zero attached hydrogens (tertiary/aromatic N) is 1. The molecule has 21 heavy (non-hydrogen) atoms. The maximum atomic E-state index is 12.2. The van der Waals surface area contributed by atoms with E-state index in [1.54, 1.807) is 18.3 Å². The number of benzene rings is 2. The zero-order chi connectivity index (χ0) is 14.7. The predicted octanol–water partition coefficient (Wildman–Crippen LogP) is 4.07. The van der Waals surface area contributed by atoms with Crippen molar-refractivity contribution in [3.8, 4) is 0 Å². The molecule has 0 saturated carbocycles. The summed E-state index contributed by atoms with van der Waals surface area (Å²) in [6, 6.07) is 17.4. The fourth-order valence-electron chi connectivity index (χ4n) is 2.31. The van der Waals surface area contributed by atoms with Gasteiger partial charge in [0.15, 0.2) is 0 Å². The quantitative estimate of drug-likeness (QED) is 0.740. The summed E-state index contributed by atoms with van der Waals surface area (Å²) in [4.78, 5) is 16.0. The SMILES string of the molecule is O=C(Cc1cccc2ccccc12)Nc1ccnc(Cl)c1. The number of hydrogen-bond donors (Lipinski definition) is 1. The number of hydrogen-bond acceptors (Lipinski definition) is 2. The van der Waals surface area contributed by atoms with Crippen LogP contribution in [0.2, 0.25) is 5.15 Å². The maximum Gasteiger partial charge on any atom is 0.228 e. The van der Waals surface area contributed by atoms with Gasteiger partial charge in [0.1, 0.15) is 5.15 Å². The third-order valence-electron chi connectivity index (χ3n) is 3.24. The smallest absolute Gasteiger partial charge is 0.228 e. The first-order chi connectivity index (χ1) is 10.2. The minimum absolute atomic E-state index is 0.0754. The Balaban J connectivity index is 1.80. The van der Waals surface area contributed by atoms with Crippen molar-refractivity contribution in [3.05, 3.63) is 71.5 Å². The summed E-state index contributed by atoms with van der Waals surface area (Å²) in [6.07, 6.45) is 1.89. The van der Waals surface area contributed by atoms with Crippen LogP contribution in [-0.4, -0.2) is 10.9 Å². The van der Waals surface area contributed by atoms with E-state index in [9.17, 15) is 4.79 Å². The van der Waals surface area contributed by atoms with E-state index in [0.29, 0.717) is 17.3 Å². The molecule has 0 atom stereocenters. The zero-order valence-corrected chi connectivity index (χ0v) is 12.0. The van der Waals surface area contributed by atoms with Gasteiger partial charge < -0.3 is 5.32 Å². The Hall–Kier alpha value is -2.39. The topological polar surface area (TPSA) is 42.0 Å². The molecule has 0 fully saturated rings.